The molecule has 1 N–H and O–H groups in total. The fourth-order valence-electron chi connectivity index (χ4n) is 2.88. The quantitative estimate of drug-likeness (QED) is 0.520. The van der Waals surface area contributed by atoms with Crippen LogP contribution in [0.2, 0.25) is 0 Å². The lowest BCUT2D eigenvalue weighted by molar-refractivity contribution is 0.154. The number of ether oxygens (including phenoxy) is 1. The van der Waals surface area contributed by atoms with Gasteiger partial charge in [-0.15, -0.1) is 0 Å². The van der Waals surface area contributed by atoms with E-state index in [0.717, 1.165) is 38.5 Å². The third-order valence-electron chi connectivity index (χ3n) is 4.45. The lowest BCUT2D eigenvalue weighted by atomic mass is 10.1. The van der Waals surface area contributed by atoms with E-state index in [1.807, 2.05) is 6.08 Å². The third kappa shape index (κ3) is 10.3. The molecule has 0 atom stereocenters. The van der Waals surface area contributed by atoms with Crippen LogP contribution in [0.15, 0.2) is 34.9 Å². The van der Waals surface area contributed by atoms with Crippen LogP contribution in [-0.4, -0.2) is 18.7 Å². The molecule has 1 rings (SSSR count). The standard InChI is InChI=1S/C21H35NO2/c1-17(2)9-7-10-18(3)11-8-12-19(4)15-16-24-21(23)22-20-13-5-6-14-20/h9,11,15,20H,5-8,10,12-14,16H2,1-4H3,(H,22,23). The van der Waals surface area contributed by atoms with Crippen molar-refractivity contribution in [3.8, 4) is 0 Å². The first-order valence-corrected chi connectivity index (χ1v) is 9.35. The summed E-state index contributed by atoms with van der Waals surface area (Å²) in [6, 6.07) is 0.321. The summed E-state index contributed by atoms with van der Waals surface area (Å²) < 4.78 is 5.23. The molecule has 3 heteroatoms. The van der Waals surface area contributed by atoms with Crippen LogP contribution < -0.4 is 5.32 Å². The van der Waals surface area contributed by atoms with Crippen molar-refractivity contribution >= 4 is 6.09 Å². The molecule has 1 aliphatic rings. The molecule has 0 heterocycles. The molecule has 0 radical (unpaired) electrons. The van der Waals surface area contributed by atoms with Gasteiger partial charge >= 0.3 is 6.09 Å². The zero-order valence-corrected chi connectivity index (χ0v) is 16.0. The van der Waals surface area contributed by atoms with Crippen LogP contribution in [0.3, 0.4) is 0 Å². The van der Waals surface area contributed by atoms with Crippen molar-refractivity contribution in [2.45, 2.75) is 85.1 Å². The summed E-state index contributed by atoms with van der Waals surface area (Å²) in [4.78, 5) is 11.7. The van der Waals surface area contributed by atoms with E-state index in [2.05, 4.69) is 45.2 Å². The van der Waals surface area contributed by atoms with Crippen LogP contribution in [0.5, 0.6) is 0 Å². The maximum absolute atomic E-state index is 11.7. The minimum atomic E-state index is -0.277. The van der Waals surface area contributed by atoms with Gasteiger partial charge in [-0.3, -0.25) is 0 Å². The maximum atomic E-state index is 11.7. The van der Waals surface area contributed by atoms with Gasteiger partial charge in [0.15, 0.2) is 0 Å². The van der Waals surface area contributed by atoms with Crippen molar-refractivity contribution in [3.05, 3.63) is 34.9 Å². The van der Waals surface area contributed by atoms with Crippen molar-refractivity contribution in [1.82, 2.24) is 5.32 Å². The second-order valence-electron chi connectivity index (χ2n) is 7.18. The van der Waals surface area contributed by atoms with E-state index >= 15 is 0 Å². The van der Waals surface area contributed by atoms with E-state index in [-0.39, 0.29) is 6.09 Å². The van der Waals surface area contributed by atoms with Crippen molar-refractivity contribution < 1.29 is 9.53 Å². The number of allylic oxidation sites excluding steroid dienone is 5. The van der Waals surface area contributed by atoms with Gasteiger partial charge in [-0.1, -0.05) is 41.7 Å². The molecule has 0 spiro atoms. The van der Waals surface area contributed by atoms with Gasteiger partial charge < -0.3 is 10.1 Å². The Hall–Kier alpha value is -1.51. The predicted octanol–water partition coefficient (Wildman–Crippen LogP) is 6.07. The van der Waals surface area contributed by atoms with E-state index in [9.17, 15) is 4.79 Å². The molecular formula is C21H35NO2. The predicted molar refractivity (Wildman–Crippen MR) is 102 cm³/mol. The SMILES string of the molecule is CC(C)=CCCC(C)=CCCC(C)=CCOC(=O)NC1CCCC1. The second kappa shape index (κ2) is 11.9. The van der Waals surface area contributed by atoms with Crippen molar-refractivity contribution in [2.75, 3.05) is 6.61 Å². The van der Waals surface area contributed by atoms with Crippen LogP contribution in [0.25, 0.3) is 0 Å². The fraction of sp³-hybridized carbons (Fsp3) is 0.667. The normalized spacial score (nSPS) is 16.2. The Balaban J connectivity index is 2.14. The highest BCUT2D eigenvalue weighted by Crippen LogP contribution is 2.17. The third-order valence-corrected chi connectivity index (χ3v) is 4.45. The Morgan fingerprint density at radius 2 is 1.54 bits per heavy atom. The van der Waals surface area contributed by atoms with Crippen LogP contribution in [0.4, 0.5) is 4.79 Å². The largest absolute Gasteiger partial charge is 0.445 e. The Labute approximate surface area is 148 Å². The average molecular weight is 334 g/mol. The monoisotopic (exact) mass is 333 g/mol. The molecule has 0 aromatic rings. The van der Waals surface area contributed by atoms with E-state index in [1.165, 1.54) is 29.6 Å². The number of carbonyl (C=O) groups is 1. The van der Waals surface area contributed by atoms with E-state index in [1.54, 1.807) is 0 Å². The Morgan fingerprint density at radius 3 is 2.17 bits per heavy atom. The summed E-state index contributed by atoms with van der Waals surface area (Å²) in [7, 11) is 0. The molecule has 136 valence electrons. The summed E-state index contributed by atoms with van der Waals surface area (Å²) in [5.74, 6) is 0. The lowest BCUT2D eigenvalue weighted by Crippen LogP contribution is -2.33. The molecule has 0 aromatic heterocycles. The summed E-state index contributed by atoms with van der Waals surface area (Å²) in [6.45, 7) is 8.96. The van der Waals surface area contributed by atoms with E-state index in [0.29, 0.717) is 12.6 Å². The molecule has 1 aliphatic carbocycles. The fourth-order valence-corrected chi connectivity index (χ4v) is 2.88. The number of nitrogens with one attached hydrogen (secondary N) is 1. The van der Waals surface area contributed by atoms with Crippen molar-refractivity contribution in [3.63, 3.8) is 0 Å². The zero-order valence-electron chi connectivity index (χ0n) is 16.0. The topological polar surface area (TPSA) is 38.3 Å². The number of carbonyl (C=O) groups excluding carboxylic acids is 1. The average Bonchev–Trinajstić information content (AvgIpc) is 2.99. The molecule has 1 amide bonds. The van der Waals surface area contributed by atoms with Crippen LogP contribution in [0, 0.1) is 0 Å². The molecule has 24 heavy (non-hydrogen) atoms. The molecule has 0 aliphatic heterocycles. The van der Waals surface area contributed by atoms with Gasteiger partial charge in [-0.2, -0.15) is 0 Å². The van der Waals surface area contributed by atoms with Gasteiger partial charge in [0.1, 0.15) is 6.61 Å². The molecule has 0 unspecified atom stereocenters. The molecule has 0 saturated heterocycles. The summed E-state index contributed by atoms with van der Waals surface area (Å²) >= 11 is 0. The van der Waals surface area contributed by atoms with Gasteiger partial charge in [0.05, 0.1) is 0 Å². The molecule has 3 nitrogen and oxygen atoms in total. The number of hydrogen-bond donors (Lipinski definition) is 1. The molecule has 1 saturated carbocycles. The highest BCUT2D eigenvalue weighted by Gasteiger charge is 2.17. The van der Waals surface area contributed by atoms with Crippen molar-refractivity contribution in [2.24, 2.45) is 0 Å². The van der Waals surface area contributed by atoms with Gasteiger partial charge in [-0.25, -0.2) is 4.79 Å². The Kier molecular flexibility index (Phi) is 10.2. The van der Waals surface area contributed by atoms with Crippen LogP contribution >= 0.6 is 0 Å². The van der Waals surface area contributed by atoms with Crippen LogP contribution in [0.1, 0.15) is 79.1 Å². The first-order valence-electron chi connectivity index (χ1n) is 9.35. The number of hydrogen-bond acceptors (Lipinski definition) is 2. The first-order chi connectivity index (χ1) is 11.5. The van der Waals surface area contributed by atoms with Gasteiger partial charge in [-0.05, 0) is 72.3 Å². The smallest absolute Gasteiger partial charge is 0.407 e. The van der Waals surface area contributed by atoms with E-state index < -0.39 is 0 Å². The summed E-state index contributed by atoms with van der Waals surface area (Å²) in [6.07, 6.45) is 15.3. The molecule has 0 aromatic carbocycles. The number of amides is 1. The van der Waals surface area contributed by atoms with E-state index in [4.69, 9.17) is 4.74 Å². The Morgan fingerprint density at radius 1 is 0.958 bits per heavy atom. The Bertz CT molecular complexity index is 464. The van der Waals surface area contributed by atoms with Gasteiger partial charge in [0, 0.05) is 6.04 Å². The summed E-state index contributed by atoms with van der Waals surface area (Å²) in [5.41, 5.74) is 4.11. The molecule has 1 fully saturated rings. The minimum Gasteiger partial charge on any atom is -0.445 e. The number of alkyl carbamates (subject to hydrolysis) is 1. The highest BCUT2D eigenvalue weighted by atomic mass is 16.5. The van der Waals surface area contributed by atoms with Gasteiger partial charge in [0.25, 0.3) is 0 Å². The highest BCUT2D eigenvalue weighted by molar-refractivity contribution is 5.67. The maximum Gasteiger partial charge on any atom is 0.407 e. The van der Waals surface area contributed by atoms with Crippen molar-refractivity contribution in [1.29, 1.82) is 0 Å². The summed E-state index contributed by atoms with van der Waals surface area (Å²) in [5, 5.41) is 2.93. The van der Waals surface area contributed by atoms with Crippen LogP contribution in [-0.2, 0) is 4.74 Å². The lowest BCUT2D eigenvalue weighted by Gasteiger charge is -2.11. The number of rotatable bonds is 9. The molecule has 0 bridgehead atoms. The van der Waals surface area contributed by atoms with Gasteiger partial charge in [0.2, 0.25) is 0 Å². The first kappa shape index (κ1) is 20.5. The minimum absolute atomic E-state index is 0.277. The molecular weight excluding hydrogens is 298 g/mol. The zero-order chi connectivity index (χ0) is 17.8. The second-order valence-corrected chi connectivity index (χ2v) is 7.18.